The maximum absolute atomic E-state index is 12.7. The first-order chi connectivity index (χ1) is 10.9. The first-order valence-electron chi connectivity index (χ1n) is 7.06. The van der Waals surface area contributed by atoms with Crippen LogP contribution in [-0.2, 0) is 22.4 Å². The standard InChI is InChI=1S/C14H19F3N2O2S2/c1-10(2)4-7-21-19-6-3-11-9-18-14(22-11)23(20)8-5-12(15)13(16)17/h6,9-10H,3-5,7-8H2,1-2H3/b19-6+/t23-/m0/s1. The minimum absolute atomic E-state index is 0.220. The van der Waals surface area contributed by atoms with Crippen LogP contribution in [0.4, 0.5) is 13.2 Å². The Balaban J connectivity index is 2.36. The summed E-state index contributed by atoms with van der Waals surface area (Å²) in [5, 5.41) is 3.81. The van der Waals surface area contributed by atoms with Gasteiger partial charge in [-0.05, 0) is 12.3 Å². The van der Waals surface area contributed by atoms with Gasteiger partial charge in [0.05, 0.1) is 6.42 Å². The van der Waals surface area contributed by atoms with E-state index in [-0.39, 0.29) is 5.75 Å². The van der Waals surface area contributed by atoms with Crippen LogP contribution in [0.15, 0.2) is 27.6 Å². The highest BCUT2D eigenvalue weighted by atomic mass is 32.2. The highest BCUT2D eigenvalue weighted by Gasteiger charge is 2.18. The van der Waals surface area contributed by atoms with Crippen LogP contribution in [0.25, 0.3) is 0 Å². The minimum Gasteiger partial charge on any atom is -0.610 e. The van der Waals surface area contributed by atoms with Crippen LogP contribution >= 0.6 is 11.3 Å². The smallest absolute Gasteiger partial charge is 0.301 e. The van der Waals surface area contributed by atoms with Gasteiger partial charge in [0.25, 0.3) is 0 Å². The van der Waals surface area contributed by atoms with Crippen molar-refractivity contribution in [2.24, 2.45) is 11.1 Å². The number of allylic oxidation sites excluding steroid dienone is 1. The molecule has 0 saturated heterocycles. The third-order valence-electron chi connectivity index (χ3n) is 2.67. The molecule has 1 aromatic rings. The summed E-state index contributed by atoms with van der Waals surface area (Å²) < 4.78 is 48.6. The lowest BCUT2D eigenvalue weighted by Crippen LogP contribution is -2.06. The maximum atomic E-state index is 12.7. The van der Waals surface area contributed by atoms with E-state index in [2.05, 4.69) is 24.0 Å². The van der Waals surface area contributed by atoms with Crippen molar-refractivity contribution in [2.75, 3.05) is 12.4 Å². The first kappa shape index (κ1) is 20.0. The van der Waals surface area contributed by atoms with E-state index < -0.39 is 29.5 Å². The average molecular weight is 368 g/mol. The van der Waals surface area contributed by atoms with Crippen molar-refractivity contribution in [3.8, 4) is 0 Å². The normalized spacial score (nSPS) is 12.8. The van der Waals surface area contributed by atoms with Gasteiger partial charge in [-0.1, -0.05) is 30.3 Å². The van der Waals surface area contributed by atoms with Gasteiger partial charge in [0, 0.05) is 34.9 Å². The molecule has 0 amide bonds. The van der Waals surface area contributed by atoms with E-state index >= 15 is 0 Å². The lowest BCUT2D eigenvalue weighted by atomic mass is 10.1. The summed E-state index contributed by atoms with van der Waals surface area (Å²) in [6.45, 7) is 4.74. The molecule has 1 aromatic heterocycles. The second-order valence-electron chi connectivity index (χ2n) is 5.07. The number of halogens is 3. The largest absolute Gasteiger partial charge is 0.610 e. The number of hydrogen-bond donors (Lipinski definition) is 0. The van der Waals surface area contributed by atoms with Gasteiger partial charge in [-0.15, -0.1) is 0 Å². The number of rotatable bonds is 10. The second-order valence-corrected chi connectivity index (χ2v) is 7.92. The molecule has 0 unspecified atom stereocenters. The van der Waals surface area contributed by atoms with Crippen molar-refractivity contribution >= 4 is 28.7 Å². The van der Waals surface area contributed by atoms with E-state index in [1.807, 2.05) is 0 Å². The topological polar surface area (TPSA) is 57.5 Å². The van der Waals surface area contributed by atoms with Crippen molar-refractivity contribution in [1.29, 1.82) is 0 Å². The quantitative estimate of drug-likeness (QED) is 0.268. The van der Waals surface area contributed by atoms with Gasteiger partial charge in [-0.25, -0.2) is 4.39 Å². The molecule has 4 nitrogen and oxygen atoms in total. The lowest BCUT2D eigenvalue weighted by Gasteiger charge is -2.04. The molecule has 1 heterocycles. The van der Waals surface area contributed by atoms with Crippen molar-refractivity contribution < 1.29 is 22.6 Å². The SMILES string of the molecule is CC(C)CCO/N=C/Cc1cnc([S@@+]([O-])CCC(F)=C(F)F)s1. The predicted molar refractivity (Wildman–Crippen MR) is 86.0 cm³/mol. The highest BCUT2D eigenvalue weighted by molar-refractivity contribution is 7.93. The molecule has 0 N–H and O–H groups in total. The fourth-order valence-electron chi connectivity index (χ4n) is 1.37. The summed E-state index contributed by atoms with van der Waals surface area (Å²) in [6.07, 6.45) is 1.60. The Kier molecular flexibility index (Phi) is 9.27. The Labute approximate surface area is 140 Å². The van der Waals surface area contributed by atoms with E-state index in [1.165, 1.54) is 11.3 Å². The molecule has 0 spiro atoms. The first-order valence-corrected chi connectivity index (χ1v) is 9.20. The molecule has 0 aromatic carbocycles. The number of nitrogens with zero attached hydrogens (tertiary/aromatic N) is 2. The van der Waals surface area contributed by atoms with Gasteiger partial charge in [0.1, 0.15) is 12.4 Å². The Morgan fingerprint density at radius 2 is 2.22 bits per heavy atom. The molecule has 130 valence electrons. The third kappa shape index (κ3) is 8.38. The number of hydrogen-bond acceptors (Lipinski definition) is 5. The predicted octanol–water partition coefficient (Wildman–Crippen LogP) is 4.31. The van der Waals surface area contributed by atoms with Gasteiger partial charge in [0.15, 0.2) is 5.83 Å². The van der Waals surface area contributed by atoms with Gasteiger partial charge in [-0.3, -0.25) is 0 Å². The molecule has 0 aliphatic carbocycles. The molecule has 0 fully saturated rings. The summed E-state index contributed by atoms with van der Waals surface area (Å²) in [7, 11) is 0. The molecule has 23 heavy (non-hydrogen) atoms. The highest BCUT2D eigenvalue weighted by Crippen LogP contribution is 2.22. The van der Waals surface area contributed by atoms with Crippen LogP contribution < -0.4 is 0 Å². The summed E-state index contributed by atoms with van der Waals surface area (Å²) in [6, 6.07) is 0. The Bertz CT molecular complexity index is 532. The van der Waals surface area contributed by atoms with Gasteiger partial charge in [0.2, 0.25) is 0 Å². The average Bonchev–Trinajstić information content (AvgIpc) is 2.96. The van der Waals surface area contributed by atoms with Crippen LogP contribution in [0, 0.1) is 5.92 Å². The van der Waals surface area contributed by atoms with Crippen molar-refractivity contribution in [3.05, 3.63) is 23.0 Å². The van der Waals surface area contributed by atoms with Crippen LogP contribution in [0.2, 0.25) is 0 Å². The maximum Gasteiger partial charge on any atom is 0.301 e. The van der Waals surface area contributed by atoms with E-state index in [0.717, 1.165) is 11.3 Å². The number of thiazole rings is 1. The Hall–Kier alpha value is -1.06. The van der Waals surface area contributed by atoms with Crippen LogP contribution in [-0.4, -0.2) is 28.1 Å². The van der Waals surface area contributed by atoms with E-state index in [9.17, 15) is 17.7 Å². The zero-order valence-electron chi connectivity index (χ0n) is 12.9. The van der Waals surface area contributed by atoms with Crippen molar-refractivity contribution in [2.45, 2.75) is 37.4 Å². The summed E-state index contributed by atoms with van der Waals surface area (Å²) >= 11 is -0.406. The Morgan fingerprint density at radius 3 is 2.87 bits per heavy atom. The molecule has 0 radical (unpaired) electrons. The molecular weight excluding hydrogens is 349 g/mol. The molecule has 0 aliphatic heterocycles. The van der Waals surface area contributed by atoms with Gasteiger partial charge >= 0.3 is 10.4 Å². The van der Waals surface area contributed by atoms with Gasteiger partial charge < -0.3 is 9.39 Å². The zero-order chi connectivity index (χ0) is 17.2. The second kappa shape index (κ2) is 10.7. The minimum atomic E-state index is -2.37. The third-order valence-corrected chi connectivity index (χ3v) is 5.36. The van der Waals surface area contributed by atoms with Gasteiger partial charge in [-0.2, -0.15) is 13.8 Å². The summed E-state index contributed by atoms with van der Waals surface area (Å²) in [5.41, 5.74) is 0. The monoisotopic (exact) mass is 368 g/mol. The van der Waals surface area contributed by atoms with Crippen LogP contribution in [0.1, 0.15) is 31.6 Å². The molecule has 0 saturated carbocycles. The van der Waals surface area contributed by atoms with E-state index in [0.29, 0.717) is 23.3 Å². The molecule has 1 rings (SSSR count). The number of aromatic nitrogens is 1. The van der Waals surface area contributed by atoms with E-state index in [1.54, 1.807) is 12.4 Å². The molecule has 9 heteroatoms. The van der Waals surface area contributed by atoms with E-state index in [4.69, 9.17) is 4.84 Å². The molecule has 0 bridgehead atoms. The number of oxime groups is 1. The zero-order valence-corrected chi connectivity index (χ0v) is 14.6. The Morgan fingerprint density at radius 1 is 1.48 bits per heavy atom. The van der Waals surface area contributed by atoms with Crippen LogP contribution in [0.5, 0.6) is 0 Å². The molecule has 0 aliphatic rings. The van der Waals surface area contributed by atoms with Crippen LogP contribution in [0.3, 0.4) is 0 Å². The fourth-order valence-corrected chi connectivity index (χ4v) is 3.62. The molecule has 1 atom stereocenters. The fraction of sp³-hybridized carbons (Fsp3) is 0.571. The van der Waals surface area contributed by atoms with Crippen molar-refractivity contribution in [1.82, 2.24) is 4.98 Å². The summed E-state index contributed by atoms with van der Waals surface area (Å²) in [5.74, 6) is -1.20. The van der Waals surface area contributed by atoms with Crippen molar-refractivity contribution in [3.63, 3.8) is 0 Å². The molecular formula is C14H19F3N2O2S2. The lowest BCUT2D eigenvalue weighted by molar-refractivity contribution is 0.134. The summed E-state index contributed by atoms with van der Waals surface area (Å²) in [4.78, 5) is 9.87.